The molecule has 0 aromatic carbocycles. The zero-order chi connectivity index (χ0) is 14.5. The number of hydrogen-bond donors (Lipinski definition) is 1. The van der Waals surface area contributed by atoms with Gasteiger partial charge in [-0.2, -0.15) is 10.2 Å². The number of nitrogens with zero attached hydrogens (tertiary/aromatic N) is 2. The van der Waals surface area contributed by atoms with Gasteiger partial charge in [-0.25, -0.2) is 0 Å². The largest absolute Gasteiger partial charge is 0.378 e. The molecule has 1 spiro atoms. The van der Waals surface area contributed by atoms with Crippen LogP contribution in [0, 0.1) is 5.92 Å². The van der Waals surface area contributed by atoms with Crippen LogP contribution in [0.1, 0.15) is 44.2 Å². The summed E-state index contributed by atoms with van der Waals surface area (Å²) in [6, 6.07) is 2.41. The Balaban J connectivity index is 1.75. The second-order valence-electron chi connectivity index (χ2n) is 6.19. The van der Waals surface area contributed by atoms with Gasteiger partial charge in [0, 0.05) is 31.9 Å². The second-order valence-corrected chi connectivity index (χ2v) is 6.19. The van der Waals surface area contributed by atoms with Gasteiger partial charge in [0.1, 0.15) is 0 Å². The van der Waals surface area contributed by atoms with E-state index in [9.17, 15) is 0 Å². The van der Waals surface area contributed by atoms with E-state index < -0.39 is 0 Å². The van der Waals surface area contributed by atoms with Gasteiger partial charge in [-0.05, 0) is 43.4 Å². The minimum absolute atomic E-state index is 0.0461. The zero-order valence-corrected chi connectivity index (χ0v) is 12.8. The van der Waals surface area contributed by atoms with Crippen molar-refractivity contribution in [3.05, 3.63) is 24.0 Å². The molecule has 116 valence electrons. The third-order valence-electron chi connectivity index (χ3n) is 4.65. The molecular formula is C16H25N3O2. The van der Waals surface area contributed by atoms with E-state index in [0.717, 1.165) is 52.0 Å². The van der Waals surface area contributed by atoms with E-state index in [1.807, 2.05) is 6.20 Å². The van der Waals surface area contributed by atoms with E-state index in [4.69, 9.17) is 9.47 Å². The van der Waals surface area contributed by atoms with Crippen molar-refractivity contribution in [1.82, 2.24) is 15.5 Å². The lowest BCUT2D eigenvalue weighted by molar-refractivity contribution is -0.103. The molecule has 3 heterocycles. The first kappa shape index (κ1) is 14.9. The smallest absolute Gasteiger partial charge is 0.0940 e. The van der Waals surface area contributed by atoms with E-state index in [2.05, 4.69) is 28.5 Å². The van der Waals surface area contributed by atoms with Crippen molar-refractivity contribution in [2.75, 3.05) is 26.4 Å². The molecule has 1 N–H and O–H groups in total. The fraction of sp³-hybridized carbons (Fsp3) is 0.750. The summed E-state index contributed by atoms with van der Waals surface area (Å²) in [7, 11) is 0. The molecule has 0 saturated carbocycles. The van der Waals surface area contributed by atoms with E-state index in [0.29, 0.717) is 12.0 Å². The van der Waals surface area contributed by atoms with Crippen LogP contribution in [0.5, 0.6) is 0 Å². The molecular weight excluding hydrogens is 266 g/mol. The minimum Gasteiger partial charge on any atom is -0.378 e. The Labute approximate surface area is 126 Å². The molecule has 0 radical (unpaired) electrons. The van der Waals surface area contributed by atoms with E-state index in [1.165, 1.54) is 5.56 Å². The molecule has 2 saturated heterocycles. The van der Waals surface area contributed by atoms with Gasteiger partial charge in [0.15, 0.2) is 0 Å². The maximum Gasteiger partial charge on any atom is 0.0940 e. The van der Waals surface area contributed by atoms with Crippen LogP contribution in [0.2, 0.25) is 0 Å². The highest BCUT2D eigenvalue weighted by Crippen LogP contribution is 2.40. The number of ether oxygens (including phenoxy) is 2. The molecule has 3 unspecified atom stereocenters. The predicted molar refractivity (Wildman–Crippen MR) is 79.9 cm³/mol. The molecule has 1 aromatic heterocycles. The number of rotatable bonds is 5. The SMILES string of the molecule is CCCNC(c1ccnnc1)C1CCOC2(CCOC2)C1. The van der Waals surface area contributed by atoms with Gasteiger partial charge in [0.25, 0.3) is 0 Å². The highest BCUT2D eigenvalue weighted by molar-refractivity contribution is 5.14. The third kappa shape index (κ3) is 3.42. The maximum absolute atomic E-state index is 6.07. The first-order valence-electron chi connectivity index (χ1n) is 8.05. The Bertz CT molecular complexity index is 434. The highest BCUT2D eigenvalue weighted by Gasteiger charge is 2.43. The molecule has 0 amide bonds. The number of nitrogens with one attached hydrogen (secondary N) is 1. The molecule has 1 aromatic rings. The first-order valence-corrected chi connectivity index (χ1v) is 8.05. The van der Waals surface area contributed by atoms with Gasteiger partial charge >= 0.3 is 0 Å². The molecule has 2 aliphatic rings. The van der Waals surface area contributed by atoms with Crippen LogP contribution in [0.3, 0.4) is 0 Å². The van der Waals surface area contributed by atoms with Crippen LogP contribution < -0.4 is 5.32 Å². The van der Waals surface area contributed by atoms with Crippen molar-refractivity contribution in [2.45, 2.75) is 44.2 Å². The molecule has 3 rings (SSSR count). The van der Waals surface area contributed by atoms with Crippen LogP contribution in [0.15, 0.2) is 18.5 Å². The summed E-state index contributed by atoms with van der Waals surface area (Å²) in [5.41, 5.74) is 1.19. The summed E-state index contributed by atoms with van der Waals surface area (Å²) in [5.74, 6) is 0.566. The fourth-order valence-electron chi connectivity index (χ4n) is 3.55. The van der Waals surface area contributed by atoms with Crippen LogP contribution in [0.25, 0.3) is 0 Å². The summed E-state index contributed by atoms with van der Waals surface area (Å²) in [6.45, 7) is 5.63. The lowest BCUT2D eigenvalue weighted by Crippen LogP contribution is -2.44. The van der Waals surface area contributed by atoms with Gasteiger partial charge in [-0.1, -0.05) is 6.92 Å². The Morgan fingerprint density at radius 2 is 2.38 bits per heavy atom. The summed E-state index contributed by atoms with van der Waals surface area (Å²) >= 11 is 0. The molecule has 5 heteroatoms. The van der Waals surface area contributed by atoms with Crippen LogP contribution in [-0.2, 0) is 9.47 Å². The average Bonchev–Trinajstić information content (AvgIpc) is 2.97. The van der Waals surface area contributed by atoms with Crippen LogP contribution in [-0.4, -0.2) is 42.2 Å². The van der Waals surface area contributed by atoms with E-state index >= 15 is 0 Å². The van der Waals surface area contributed by atoms with Crippen LogP contribution >= 0.6 is 0 Å². The fourth-order valence-corrected chi connectivity index (χ4v) is 3.55. The van der Waals surface area contributed by atoms with Gasteiger partial charge in [-0.15, -0.1) is 0 Å². The Morgan fingerprint density at radius 3 is 3.10 bits per heavy atom. The van der Waals surface area contributed by atoms with Gasteiger partial charge in [0.05, 0.1) is 18.4 Å². The average molecular weight is 291 g/mol. The van der Waals surface area contributed by atoms with E-state index in [1.54, 1.807) is 6.20 Å². The predicted octanol–water partition coefficient (Wildman–Crippen LogP) is 2.10. The standard InChI is InChI=1S/C16H25N3O2/c1-2-6-17-15(14-3-7-18-19-11-14)13-4-8-21-16(10-13)5-9-20-12-16/h3,7,11,13,15,17H,2,4-6,8-10,12H2,1H3. The van der Waals surface area contributed by atoms with Crippen LogP contribution in [0.4, 0.5) is 0 Å². The van der Waals surface area contributed by atoms with Gasteiger partial charge in [0.2, 0.25) is 0 Å². The van der Waals surface area contributed by atoms with Crippen molar-refractivity contribution >= 4 is 0 Å². The number of hydrogen-bond acceptors (Lipinski definition) is 5. The molecule has 2 aliphatic heterocycles. The molecule has 21 heavy (non-hydrogen) atoms. The van der Waals surface area contributed by atoms with Gasteiger partial charge in [-0.3, -0.25) is 0 Å². The Kier molecular flexibility index (Phi) is 4.83. The molecule has 0 aliphatic carbocycles. The van der Waals surface area contributed by atoms with Crippen molar-refractivity contribution in [3.63, 3.8) is 0 Å². The Hall–Kier alpha value is -1.04. The molecule has 5 nitrogen and oxygen atoms in total. The normalized spacial score (nSPS) is 30.6. The van der Waals surface area contributed by atoms with E-state index in [-0.39, 0.29) is 5.60 Å². The third-order valence-corrected chi connectivity index (χ3v) is 4.65. The van der Waals surface area contributed by atoms with Gasteiger partial charge < -0.3 is 14.8 Å². The zero-order valence-electron chi connectivity index (χ0n) is 12.8. The maximum atomic E-state index is 6.07. The molecule has 2 fully saturated rings. The molecule has 3 atom stereocenters. The summed E-state index contributed by atoms with van der Waals surface area (Å²) in [6.07, 6.45) is 7.98. The minimum atomic E-state index is -0.0461. The summed E-state index contributed by atoms with van der Waals surface area (Å²) in [5, 5.41) is 11.7. The molecule has 0 bridgehead atoms. The van der Waals surface area contributed by atoms with Crippen molar-refractivity contribution in [3.8, 4) is 0 Å². The first-order chi connectivity index (χ1) is 10.3. The van der Waals surface area contributed by atoms with Crippen molar-refractivity contribution < 1.29 is 9.47 Å². The topological polar surface area (TPSA) is 56.3 Å². The summed E-state index contributed by atoms with van der Waals surface area (Å²) in [4.78, 5) is 0. The highest BCUT2D eigenvalue weighted by atomic mass is 16.6. The van der Waals surface area contributed by atoms with Crippen molar-refractivity contribution in [1.29, 1.82) is 0 Å². The lowest BCUT2D eigenvalue weighted by atomic mass is 9.79. The quantitative estimate of drug-likeness (QED) is 0.900. The monoisotopic (exact) mass is 291 g/mol. The summed E-state index contributed by atoms with van der Waals surface area (Å²) < 4.78 is 11.7. The lowest BCUT2D eigenvalue weighted by Gasteiger charge is -2.40. The number of aromatic nitrogens is 2. The second kappa shape index (κ2) is 6.81. The Morgan fingerprint density at radius 1 is 1.43 bits per heavy atom. The van der Waals surface area contributed by atoms with Crippen molar-refractivity contribution in [2.24, 2.45) is 5.92 Å².